The number of benzene rings is 2. The van der Waals surface area contributed by atoms with E-state index in [9.17, 15) is 5.11 Å². The highest BCUT2D eigenvalue weighted by Crippen LogP contribution is 2.30. The SMILES string of the molecule is CCCc1ccc(Oc2ccc([C@H](C)O)c(Br)c2)cc1. The van der Waals surface area contributed by atoms with Gasteiger partial charge < -0.3 is 9.84 Å². The Morgan fingerprint density at radius 3 is 2.30 bits per heavy atom. The summed E-state index contributed by atoms with van der Waals surface area (Å²) in [5, 5.41) is 9.60. The molecule has 0 fully saturated rings. The number of rotatable bonds is 5. The van der Waals surface area contributed by atoms with Crippen LogP contribution >= 0.6 is 15.9 Å². The van der Waals surface area contributed by atoms with Crippen molar-refractivity contribution in [2.45, 2.75) is 32.8 Å². The summed E-state index contributed by atoms with van der Waals surface area (Å²) < 4.78 is 6.67. The van der Waals surface area contributed by atoms with Crippen LogP contribution in [-0.2, 0) is 6.42 Å². The van der Waals surface area contributed by atoms with Gasteiger partial charge in [0.1, 0.15) is 11.5 Å². The molecule has 106 valence electrons. The molecule has 20 heavy (non-hydrogen) atoms. The lowest BCUT2D eigenvalue weighted by Gasteiger charge is -2.11. The van der Waals surface area contributed by atoms with Gasteiger partial charge in [-0.1, -0.05) is 47.5 Å². The van der Waals surface area contributed by atoms with E-state index in [1.807, 2.05) is 30.3 Å². The molecule has 0 aromatic heterocycles. The third-order valence-corrected chi connectivity index (χ3v) is 3.81. The van der Waals surface area contributed by atoms with E-state index in [1.165, 1.54) is 5.56 Å². The molecule has 0 spiro atoms. The van der Waals surface area contributed by atoms with Gasteiger partial charge in [-0.3, -0.25) is 0 Å². The average molecular weight is 335 g/mol. The number of hydrogen-bond acceptors (Lipinski definition) is 2. The van der Waals surface area contributed by atoms with E-state index in [2.05, 4.69) is 35.0 Å². The molecule has 0 radical (unpaired) electrons. The van der Waals surface area contributed by atoms with Crippen LogP contribution in [0.1, 0.15) is 37.5 Å². The van der Waals surface area contributed by atoms with Gasteiger partial charge >= 0.3 is 0 Å². The third kappa shape index (κ3) is 3.84. The molecule has 2 nitrogen and oxygen atoms in total. The smallest absolute Gasteiger partial charge is 0.128 e. The topological polar surface area (TPSA) is 29.5 Å². The predicted octanol–water partition coefficient (Wildman–Crippen LogP) is 5.25. The molecule has 0 aliphatic heterocycles. The molecular weight excluding hydrogens is 316 g/mol. The standard InChI is InChI=1S/C17H19BrO2/c1-3-4-13-5-7-14(8-6-13)20-15-9-10-16(12(2)19)17(18)11-15/h5-12,19H,3-4H2,1-2H3/t12-/m0/s1. The summed E-state index contributed by atoms with van der Waals surface area (Å²) in [5.41, 5.74) is 2.18. The van der Waals surface area contributed by atoms with E-state index < -0.39 is 6.10 Å². The maximum Gasteiger partial charge on any atom is 0.128 e. The number of hydrogen-bond donors (Lipinski definition) is 1. The zero-order valence-corrected chi connectivity index (χ0v) is 13.4. The van der Waals surface area contributed by atoms with Gasteiger partial charge in [0.25, 0.3) is 0 Å². The van der Waals surface area contributed by atoms with Gasteiger partial charge in [0, 0.05) is 4.47 Å². The van der Waals surface area contributed by atoms with E-state index in [4.69, 9.17) is 4.74 Å². The van der Waals surface area contributed by atoms with E-state index in [0.29, 0.717) is 0 Å². The summed E-state index contributed by atoms with van der Waals surface area (Å²) in [6, 6.07) is 13.8. The lowest BCUT2D eigenvalue weighted by atomic mass is 10.1. The summed E-state index contributed by atoms with van der Waals surface area (Å²) in [6.45, 7) is 3.92. The van der Waals surface area contributed by atoms with Crippen LogP contribution < -0.4 is 4.74 Å². The molecule has 0 aliphatic rings. The zero-order valence-electron chi connectivity index (χ0n) is 11.8. The number of aryl methyl sites for hydroxylation is 1. The summed E-state index contributed by atoms with van der Waals surface area (Å²) in [5.74, 6) is 1.58. The Labute approximate surface area is 128 Å². The lowest BCUT2D eigenvalue weighted by molar-refractivity contribution is 0.198. The van der Waals surface area contributed by atoms with Gasteiger partial charge in [0.05, 0.1) is 6.10 Å². The van der Waals surface area contributed by atoms with Crippen LogP contribution in [0.3, 0.4) is 0 Å². The molecule has 3 heteroatoms. The average Bonchev–Trinajstić information content (AvgIpc) is 2.41. The van der Waals surface area contributed by atoms with Crippen molar-refractivity contribution < 1.29 is 9.84 Å². The second kappa shape index (κ2) is 6.91. The van der Waals surface area contributed by atoms with Gasteiger partial charge in [0.2, 0.25) is 0 Å². The minimum atomic E-state index is -0.494. The van der Waals surface area contributed by atoms with Crippen molar-refractivity contribution in [2.75, 3.05) is 0 Å². The highest BCUT2D eigenvalue weighted by atomic mass is 79.9. The Hall–Kier alpha value is -1.32. The van der Waals surface area contributed by atoms with E-state index >= 15 is 0 Å². The maximum atomic E-state index is 9.60. The molecule has 1 atom stereocenters. The van der Waals surface area contributed by atoms with E-state index in [1.54, 1.807) is 6.92 Å². The number of aliphatic hydroxyl groups is 1. The molecule has 0 saturated heterocycles. The van der Waals surface area contributed by atoms with Crippen LogP contribution in [0.2, 0.25) is 0 Å². The quantitative estimate of drug-likeness (QED) is 0.809. The molecule has 0 amide bonds. The van der Waals surface area contributed by atoms with Crippen LogP contribution in [0.15, 0.2) is 46.9 Å². The van der Waals surface area contributed by atoms with Crippen molar-refractivity contribution in [1.29, 1.82) is 0 Å². The highest BCUT2D eigenvalue weighted by molar-refractivity contribution is 9.10. The minimum Gasteiger partial charge on any atom is -0.457 e. The first-order chi connectivity index (χ1) is 9.60. The maximum absolute atomic E-state index is 9.60. The van der Waals surface area contributed by atoms with Crippen LogP contribution in [0.5, 0.6) is 11.5 Å². The van der Waals surface area contributed by atoms with Crippen molar-refractivity contribution in [1.82, 2.24) is 0 Å². The van der Waals surface area contributed by atoms with Crippen LogP contribution in [-0.4, -0.2) is 5.11 Å². The normalized spacial score (nSPS) is 12.2. The predicted molar refractivity (Wildman–Crippen MR) is 85.3 cm³/mol. The highest BCUT2D eigenvalue weighted by Gasteiger charge is 2.07. The Bertz CT molecular complexity index is 562. The fourth-order valence-electron chi connectivity index (χ4n) is 2.06. The monoisotopic (exact) mass is 334 g/mol. The van der Waals surface area contributed by atoms with Crippen molar-refractivity contribution in [3.8, 4) is 11.5 Å². The van der Waals surface area contributed by atoms with E-state index in [-0.39, 0.29) is 0 Å². The van der Waals surface area contributed by atoms with Crippen LogP contribution in [0.4, 0.5) is 0 Å². The van der Waals surface area contributed by atoms with Crippen molar-refractivity contribution >= 4 is 15.9 Å². The first-order valence-corrected chi connectivity index (χ1v) is 7.63. The first kappa shape index (κ1) is 15.1. The second-order valence-electron chi connectivity index (χ2n) is 4.86. The fourth-order valence-corrected chi connectivity index (χ4v) is 2.75. The Morgan fingerprint density at radius 2 is 1.75 bits per heavy atom. The summed E-state index contributed by atoms with van der Waals surface area (Å²) >= 11 is 3.45. The van der Waals surface area contributed by atoms with Gasteiger partial charge in [-0.15, -0.1) is 0 Å². The molecule has 0 unspecified atom stereocenters. The van der Waals surface area contributed by atoms with Gasteiger partial charge in [-0.2, -0.15) is 0 Å². The Kier molecular flexibility index (Phi) is 5.21. The Balaban J connectivity index is 2.11. The van der Waals surface area contributed by atoms with Crippen LogP contribution in [0.25, 0.3) is 0 Å². The van der Waals surface area contributed by atoms with Gasteiger partial charge in [-0.05, 0) is 48.7 Å². The molecule has 2 rings (SSSR count). The van der Waals surface area contributed by atoms with Crippen LogP contribution in [0, 0.1) is 0 Å². The Morgan fingerprint density at radius 1 is 1.10 bits per heavy atom. The first-order valence-electron chi connectivity index (χ1n) is 6.84. The molecule has 0 bridgehead atoms. The van der Waals surface area contributed by atoms with E-state index in [0.717, 1.165) is 34.4 Å². The third-order valence-electron chi connectivity index (χ3n) is 3.12. The number of ether oxygens (including phenoxy) is 1. The van der Waals surface area contributed by atoms with Crippen molar-refractivity contribution in [2.24, 2.45) is 0 Å². The van der Waals surface area contributed by atoms with Crippen molar-refractivity contribution in [3.05, 3.63) is 58.1 Å². The molecule has 0 saturated carbocycles. The fraction of sp³-hybridized carbons (Fsp3) is 0.294. The molecule has 0 heterocycles. The number of aliphatic hydroxyl groups excluding tert-OH is 1. The lowest BCUT2D eigenvalue weighted by Crippen LogP contribution is -1.93. The summed E-state index contributed by atoms with van der Waals surface area (Å²) in [7, 11) is 0. The molecule has 2 aromatic carbocycles. The molecule has 1 N–H and O–H groups in total. The largest absolute Gasteiger partial charge is 0.457 e. The molecule has 2 aromatic rings. The molecule has 0 aliphatic carbocycles. The molecular formula is C17H19BrO2. The van der Waals surface area contributed by atoms with Gasteiger partial charge in [-0.25, -0.2) is 0 Å². The summed E-state index contributed by atoms with van der Waals surface area (Å²) in [6.07, 6.45) is 1.75. The van der Waals surface area contributed by atoms with Gasteiger partial charge in [0.15, 0.2) is 0 Å². The summed E-state index contributed by atoms with van der Waals surface area (Å²) in [4.78, 5) is 0. The minimum absolute atomic E-state index is 0.494. The number of halogens is 1. The second-order valence-corrected chi connectivity index (χ2v) is 5.71. The zero-order chi connectivity index (χ0) is 14.5. The van der Waals surface area contributed by atoms with Crippen molar-refractivity contribution in [3.63, 3.8) is 0 Å².